The van der Waals surface area contributed by atoms with Gasteiger partial charge in [-0.25, -0.2) is 0 Å². The predicted molar refractivity (Wildman–Crippen MR) is 95.6 cm³/mol. The zero-order valence-electron chi connectivity index (χ0n) is 14.9. The Kier molecular flexibility index (Phi) is 8.38. The second-order valence-electron chi connectivity index (χ2n) is 5.76. The molecular formula is C19H30N2O2. The molecule has 0 atom stereocenters. The predicted octanol–water partition coefficient (Wildman–Crippen LogP) is 3.79. The number of carbonyl (C=O) groups is 2. The molecule has 0 saturated carbocycles. The molecule has 4 nitrogen and oxygen atoms in total. The summed E-state index contributed by atoms with van der Waals surface area (Å²) >= 11 is 0. The molecule has 0 saturated heterocycles. The Morgan fingerprint density at radius 2 is 1.48 bits per heavy atom. The van der Waals surface area contributed by atoms with Gasteiger partial charge in [0, 0.05) is 18.8 Å². The van der Waals surface area contributed by atoms with E-state index in [1.54, 1.807) is 4.90 Å². The number of para-hydroxylation sites is 1. The van der Waals surface area contributed by atoms with Gasteiger partial charge < -0.3 is 10.2 Å². The van der Waals surface area contributed by atoms with E-state index in [9.17, 15) is 9.59 Å². The fraction of sp³-hybridized carbons (Fsp3) is 0.579. The van der Waals surface area contributed by atoms with Crippen molar-refractivity contribution in [1.29, 1.82) is 0 Å². The van der Waals surface area contributed by atoms with E-state index in [-0.39, 0.29) is 18.2 Å². The smallest absolute Gasteiger partial charge is 0.233 e. The molecule has 128 valence electrons. The molecule has 0 radical (unpaired) electrons. The van der Waals surface area contributed by atoms with Gasteiger partial charge in [0.1, 0.15) is 6.42 Å². The first-order valence-electron chi connectivity index (χ1n) is 8.75. The number of rotatable bonds is 9. The van der Waals surface area contributed by atoms with Gasteiger partial charge >= 0.3 is 0 Å². The van der Waals surface area contributed by atoms with Crippen molar-refractivity contribution >= 4 is 17.5 Å². The molecule has 1 aromatic rings. The van der Waals surface area contributed by atoms with Crippen molar-refractivity contribution < 1.29 is 9.59 Å². The molecular weight excluding hydrogens is 288 g/mol. The SMILES string of the molecule is CCCN(CCC)C(=O)CC(=O)Nc1c(CC)cccc1CC. The highest BCUT2D eigenvalue weighted by Gasteiger charge is 2.17. The molecule has 1 rings (SSSR count). The maximum absolute atomic E-state index is 12.3. The lowest BCUT2D eigenvalue weighted by molar-refractivity contribution is -0.134. The van der Waals surface area contributed by atoms with Gasteiger partial charge in [0.25, 0.3) is 0 Å². The van der Waals surface area contributed by atoms with Crippen LogP contribution in [0.5, 0.6) is 0 Å². The molecule has 0 spiro atoms. The Hall–Kier alpha value is -1.84. The molecule has 0 heterocycles. The maximum atomic E-state index is 12.3. The van der Waals surface area contributed by atoms with E-state index < -0.39 is 0 Å². The summed E-state index contributed by atoms with van der Waals surface area (Å²) in [6, 6.07) is 6.07. The third kappa shape index (κ3) is 5.70. The monoisotopic (exact) mass is 318 g/mol. The number of benzene rings is 1. The van der Waals surface area contributed by atoms with Gasteiger partial charge in [0.05, 0.1) is 0 Å². The zero-order valence-corrected chi connectivity index (χ0v) is 14.9. The van der Waals surface area contributed by atoms with Crippen LogP contribution in [0.2, 0.25) is 0 Å². The molecule has 0 aromatic heterocycles. The fourth-order valence-corrected chi connectivity index (χ4v) is 2.74. The quantitative estimate of drug-likeness (QED) is 0.704. The summed E-state index contributed by atoms with van der Waals surface area (Å²) in [6.07, 6.45) is 3.45. The fourth-order valence-electron chi connectivity index (χ4n) is 2.74. The number of carbonyl (C=O) groups excluding carboxylic acids is 2. The van der Waals surface area contributed by atoms with Gasteiger partial charge in [0.15, 0.2) is 0 Å². The first kappa shape index (κ1) is 19.2. The normalized spacial score (nSPS) is 10.4. The maximum Gasteiger partial charge on any atom is 0.233 e. The number of amides is 2. The van der Waals surface area contributed by atoms with Crippen LogP contribution in [0.25, 0.3) is 0 Å². The lowest BCUT2D eigenvalue weighted by atomic mass is 10.0. The first-order valence-corrected chi connectivity index (χ1v) is 8.75. The number of hydrogen-bond donors (Lipinski definition) is 1. The molecule has 0 aliphatic carbocycles. The third-order valence-corrected chi connectivity index (χ3v) is 3.91. The standard InChI is InChI=1S/C19H30N2O2/c1-5-12-21(13-6-2)18(23)14-17(22)20-19-15(7-3)10-9-11-16(19)8-4/h9-11H,5-8,12-14H2,1-4H3,(H,20,22). The average molecular weight is 318 g/mol. The second-order valence-corrected chi connectivity index (χ2v) is 5.76. The minimum Gasteiger partial charge on any atom is -0.342 e. The van der Waals surface area contributed by atoms with Crippen molar-refractivity contribution in [2.75, 3.05) is 18.4 Å². The number of hydrogen-bond acceptors (Lipinski definition) is 2. The summed E-state index contributed by atoms with van der Waals surface area (Å²) in [5, 5.41) is 2.96. The van der Waals surface area contributed by atoms with Crippen LogP contribution in [-0.4, -0.2) is 29.8 Å². The van der Waals surface area contributed by atoms with Crippen molar-refractivity contribution in [2.45, 2.75) is 59.8 Å². The molecule has 2 amide bonds. The number of anilines is 1. The molecule has 0 aliphatic rings. The van der Waals surface area contributed by atoms with Gasteiger partial charge in [-0.05, 0) is 36.8 Å². The van der Waals surface area contributed by atoms with Crippen molar-refractivity contribution in [3.63, 3.8) is 0 Å². The van der Waals surface area contributed by atoms with Crippen molar-refractivity contribution in [3.8, 4) is 0 Å². The molecule has 0 fully saturated rings. The summed E-state index contributed by atoms with van der Waals surface area (Å²) in [5.74, 6) is -0.305. The summed E-state index contributed by atoms with van der Waals surface area (Å²) in [6.45, 7) is 9.65. The van der Waals surface area contributed by atoms with Gasteiger partial charge in [-0.15, -0.1) is 0 Å². The lowest BCUT2D eigenvalue weighted by Crippen LogP contribution is -2.35. The summed E-state index contributed by atoms with van der Waals surface area (Å²) < 4.78 is 0. The van der Waals surface area contributed by atoms with E-state index in [2.05, 4.69) is 19.2 Å². The van der Waals surface area contributed by atoms with E-state index in [1.807, 2.05) is 32.0 Å². The summed E-state index contributed by atoms with van der Waals surface area (Å²) in [7, 11) is 0. The van der Waals surface area contributed by atoms with Crippen LogP contribution in [0.3, 0.4) is 0 Å². The number of nitrogens with one attached hydrogen (secondary N) is 1. The number of aryl methyl sites for hydroxylation is 2. The highest BCUT2D eigenvalue weighted by atomic mass is 16.2. The minimum atomic E-state index is -0.220. The molecule has 0 aliphatic heterocycles. The third-order valence-electron chi connectivity index (χ3n) is 3.91. The van der Waals surface area contributed by atoms with Crippen molar-refractivity contribution in [1.82, 2.24) is 4.90 Å². The topological polar surface area (TPSA) is 49.4 Å². The molecule has 1 N–H and O–H groups in total. The van der Waals surface area contributed by atoms with Gasteiger partial charge in [-0.2, -0.15) is 0 Å². The molecule has 0 bridgehead atoms. The second kappa shape index (κ2) is 10.0. The van der Waals surface area contributed by atoms with E-state index in [4.69, 9.17) is 0 Å². The Bertz CT molecular complexity index is 498. The Labute approximate surface area is 140 Å². The number of nitrogens with zero attached hydrogens (tertiary/aromatic N) is 1. The van der Waals surface area contributed by atoms with Crippen LogP contribution in [0.4, 0.5) is 5.69 Å². The lowest BCUT2D eigenvalue weighted by Gasteiger charge is -2.21. The average Bonchev–Trinajstić information content (AvgIpc) is 2.54. The molecule has 0 unspecified atom stereocenters. The first-order chi connectivity index (χ1) is 11.1. The minimum absolute atomic E-state index is 0.0821. The van der Waals surface area contributed by atoms with E-state index in [0.29, 0.717) is 13.1 Å². The molecule has 23 heavy (non-hydrogen) atoms. The van der Waals surface area contributed by atoms with E-state index in [0.717, 1.165) is 42.5 Å². The molecule has 1 aromatic carbocycles. The molecule has 4 heteroatoms. The van der Waals surface area contributed by atoms with Crippen molar-refractivity contribution in [3.05, 3.63) is 29.3 Å². The summed E-state index contributed by atoms with van der Waals surface area (Å²) in [5.41, 5.74) is 3.11. The van der Waals surface area contributed by atoms with Crippen LogP contribution < -0.4 is 5.32 Å². The highest BCUT2D eigenvalue weighted by Crippen LogP contribution is 2.22. The summed E-state index contributed by atoms with van der Waals surface area (Å²) in [4.78, 5) is 26.4. The largest absolute Gasteiger partial charge is 0.342 e. The van der Waals surface area contributed by atoms with Crippen LogP contribution in [-0.2, 0) is 22.4 Å². The van der Waals surface area contributed by atoms with Gasteiger partial charge in [-0.3, -0.25) is 9.59 Å². The zero-order chi connectivity index (χ0) is 17.2. The Balaban J connectivity index is 2.78. The Morgan fingerprint density at radius 1 is 0.957 bits per heavy atom. The Morgan fingerprint density at radius 3 is 1.91 bits per heavy atom. The van der Waals surface area contributed by atoms with Crippen LogP contribution in [0.1, 0.15) is 58.1 Å². The van der Waals surface area contributed by atoms with Crippen LogP contribution in [0.15, 0.2) is 18.2 Å². The van der Waals surface area contributed by atoms with Crippen molar-refractivity contribution in [2.24, 2.45) is 0 Å². The van der Waals surface area contributed by atoms with Gasteiger partial charge in [0.2, 0.25) is 11.8 Å². The highest BCUT2D eigenvalue weighted by molar-refractivity contribution is 6.04. The van der Waals surface area contributed by atoms with Crippen LogP contribution >= 0.6 is 0 Å². The van der Waals surface area contributed by atoms with E-state index in [1.165, 1.54) is 0 Å². The van der Waals surface area contributed by atoms with Crippen LogP contribution in [0, 0.1) is 0 Å². The van der Waals surface area contributed by atoms with E-state index >= 15 is 0 Å². The van der Waals surface area contributed by atoms with Gasteiger partial charge in [-0.1, -0.05) is 45.9 Å².